The molecule has 2 aliphatic rings. The van der Waals surface area contributed by atoms with Crippen molar-refractivity contribution in [3.05, 3.63) is 18.0 Å². The van der Waals surface area contributed by atoms with Crippen molar-refractivity contribution in [2.24, 2.45) is 11.7 Å². The van der Waals surface area contributed by atoms with Gasteiger partial charge in [0.25, 0.3) is 0 Å². The third kappa shape index (κ3) is 2.19. The first-order chi connectivity index (χ1) is 9.56. The van der Waals surface area contributed by atoms with Crippen LogP contribution in [0.5, 0.6) is 0 Å². The highest BCUT2D eigenvalue weighted by Crippen LogP contribution is 2.40. The van der Waals surface area contributed by atoms with E-state index in [9.17, 15) is 8.42 Å². The first kappa shape index (κ1) is 14.1. The number of rotatable bonds is 5. The lowest BCUT2D eigenvalue weighted by Crippen LogP contribution is -2.37. The van der Waals surface area contributed by atoms with E-state index < -0.39 is 10.0 Å². The number of nitrogens with two attached hydrogens (primary N) is 1. The second kappa shape index (κ2) is 5.16. The number of aryl methyl sites for hydroxylation is 1. The summed E-state index contributed by atoms with van der Waals surface area (Å²) in [6.07, 6.45) is 5.96. The molecule has 1 aliphatic heterocycles. The zero-order valence-electron chi connectivity index (χ0n) is 12.0. The van der Waals surface area contributed by atoms with Gasteiger partial charge >= 0.3 is 0 Å². The van der Waals surface area contributed by atoms with Crippen LogP contribution in [-0.2, 0) is 23.1 Å². The van der Waals surface area contributed by atoms with Crippen LogP contribution in [0.2, 0.25) is 0 Å². The SMILES string of the molecule is CCCn1cc(S(=O)(=O)N2CC3CCC2C3)cc1CN. The second-order valence-corrected chi connectivity index (χ2v) is 7.86. The Morgan fingerprint density at radius 3 is 2.75 bits per heavy atom. The Labute approximate surface area is 120 Å². The number of nitrogens with zero attached hydrogens (tertiary/aromatic N) is 2. The van der Waals surface area contributed by atoms with E-state index in [1.165, 1.54) is 6.42 Å². The van der Waals surface area contributed by atoms with Crippen LogP contribution in [0.1, 0.15) is 38.3 Å². The van der Waals surface area contributed by atoms with E-state index in [1.54, 1.807) is 16.6 Å². The highest BCUT2D eigenvalue weighted by molar-refractivity contribution is 7.89. The van der Waals surface area contributed by atoms with Crippen LogP contribution in [0.15, 0.2) is 17.2 Å². The molecule has 112 valence electrons. The molecule has 20 heavy (non-hydrogen) atoms. The van der Waals surface area contributed by atoms with Gasteiger partial charge < -0.3 is 10.3 Å². The van der Waals surface area contributed by atoms with Gasteiger partial charge in [-0.3, -0.25) is 0 Å². The Balaban J connectivity index is 1.91. The molecule has 2 atom stereocenters. The highest BCUT2D eigenvalue weighted by Gasteiger charge is 2.44. The molecule has 0 radical (unpaired) electrons. The standard InChI is InChI=1S/C14H23N3O2S/c1-2-5-16-10-14(7-13(16)8-15)20(18,19)17-9-11-3-4-12(17)6-11/h7,10-12H,2-6,8-9,15H2,1H3. The topological polar surface area (TPSA) is 68.3 Å². The average molecular weight is 297 g/mol. The molecule has 3 rings (SSSR count). The molecule has 5 nitrogen and oxygen atoms in total. The van der Waals surface area contributed by atoms with Crippen LogP contribution in [0, 0.1) is 5.92 Å². The zero-order chi connectivity index (χ0) is 14.3. The lowest BCUT2D eigenvalue weighted by atomic mass is 10.1. The molecule has 1 saturated heterocycles. The number of fused-ring (bicyclic) bond motifs is 2. The fraction of sp³-hybridized carbons (Fsp3) is 0.714. The molecule has 0 amide bonds. The third-order valence-electron chi connectivity index (χ3n) is 4.60. The lowest BCUT2D eigenvalue weighted by molar-refractivity contribution is 0.333. The van der Waals surface area contributed by atoms with Gasteiger partial charge in [0.1, 0.15) is 4.90 Å². The van der Waals surface area contributed by atoms with Gasteiger partial charge in [0.05, 0.1) is 0 Å². The molecule has 1 aromatic rings. The van der Waals surface area contributed by atoms with E-state index >= 15 is 0 Å². The summed E-state index contributed by atoms with van der Waals surface area (Å²) in [7, 11) is -3.34. The monoisotopic (exact) mass is 297 g/mol. The Hall–Kier alpha value is -0.850. The zero-order valence-corrected chi connectivity index (χ0v) is 12.8. The smallest absolute Gasteiger partial charge is 0.244 e. The maximum atomic E-state index is 12.8. The molecule has 6 heteroatoms. The van der Waals surface area contributed by atoms with Gasteiger partial charge in [0, 0.05) is 37.6 Å². The van der Waals surface area contributed by atoms with E-state index in [0.717, 1.165) is 31.5 Å². The highest BCUT2D eigenvalue weighted by atomic mass is 32.2. The normalized spacial score (nSPS) is 26.5. The van der Waals surface area contributed by atoms with Gasteiger partial charge in [0.15, 0.2) is 0 Å². The van der Waals surface area contributed by atoms with Crippen LogP contribution >= 0.6 is 0 Å². The largest absolute Gasteiger partial charge is 0.349 e. The summed E-state index contributed by atoms with van der Waals surface area (Å²) in [5.74, 6) is 0.571. The van der Waals surface area contributed by atoms with Gasteiger partial charge in [-0.05, 0) is 37.7 Å². The van der Waals surface area contributed by atoms with E-state index in [4.69, 9.17) is 5.73 Å². The molecule has 2 fully saturated rings. The molecular weight excluding hydrogens is 274 g/mol. The summed E-state index contributed by atoms with van der Waals surface area (Å²) in [6, 6.07) is 1.97. The molecule has 1 aliphatic carbocycles. The van der Waals surface area contributed by atoms with Crippen molar-refractivity contribution in [2.75, 3.05) is 6.54 Å². The van der Waals surface area contributed by atoms with Gasteiger partial charge in [-0.15, -0.1) is 0 Å². The third-order valence-corrected chi connectivity index (χ3v) is 6.48. The molecule has 1 saturated carbocycles. The Morgan fingerprint density at radius 2 is 2.20 bits per heavy atom. The van der Waals surface area contributed by atoms with Gasteiger partial charge in [-0.1, -0.05) is 6.92 Å². The Bertz CT molecular complexity index is 594. The molecule has 2 bridgehead atoms. The van der Waals surface area contributed by atoms with Crippen molar-refractivity contribution in [3.63, 3.8) is 0 Å². The number of piperidine rings is 1. The van der Waals surface area contributed by atoms with Crippen LogP contribution < -0.4 is 5.73 Å². The lowest BCUT2D eigenvalue weighted by Gasteiger charge is -2.25. The first-order valence-corrected chi connectivity index (χ1v) is 8.91. The predicted octanol–water partition coefficient (Wildman–Crippen LogP) is 1.53. The molecule has 1 aromatic heterocycles. The summed E-state index contributed by atoms with van der Waals surface area (Å²) in [5, 5.41) is 0. The van der Waals surface area contributed by atoms with Crippen LogP contribution in [0.4, 0.5) is 0 Å². The van der Waals surface area contributed by atoms with E-state index in [0.29, 0.717) is 23.9 Å². The average Bonchev–Trinajstić information content (AvgIpc) is 3.13. The first-order valence-electron chi connectivity index (χ1n) is 7.47. The van der Waals surface area contributed by atoms with Crippen molar-refractivity contribution in [1.29, 1.82) is 0 Å². The van der Waals surface area contributed by atoms with Gasteiger partial charge in [-0.2, -0.15) is 4.31 Å². The van der Waals surface area contributed by atoms with Crippen molar-refractivity contribution in [1.82, 2.24) is 8.87 Å². The van der Waals surface area contributed by atoms with Crippen LogP contribution in [-0.4, -0.2) is 29.9 Å². The summed E-state index contributed by atoms with van der Waals surface area (Å²) in [5.41, 5.74) is 6.62. The van der Waals surface area contributed by atoms with E-state index in [2.05, 4.69) is 6.92 Å². The van der Waals surface area contributed by atoms with Crippen molar-refractivity contribution >= 4 is 10.0 Å². The van der Waals surface area contributed by atoms with E-state index in [1.807, 2.05) is 4.57 Å². The number of hydrogen-bond donors (Lipinski definition) is 1. The molecule has 2 N–H and O–H groups in total. The number of aromatic nitrogens is 1. The maximum absolute atomic E-state index is 12.8. The minimum Gasteiger partial charge on any atom is -0.349 e. The van der Waals surface area contributed by atoms with Crippen molar-refractivity contribution in [2.45, 2.75) is 56.6 Å². The molecule has 0 spiro atoms. The van der Waals surface area contributed by atoms with Crippen LogP contribution in [0.25, 0.3) is 0 Å². The molecule has 0 aromatic carbocycles. The van der Waals surface area contributed by atoms with Crippen molar-refractivity contribution < 1.29 is 8.42 Å². The number of hydrogen-bond acceptors (Lipinski definition) is 3. The summed E-state index contributed by atoms with van der Waals surface area (Å²) in [4.78, 5) is 0.416. The predicted molar refractivity (Wildman–Crippen MR) is 77.6 cm³/mol. The Kier molecular flexibility index (Phi) is 3.64. The fourth-order valence-corrected chi connectivity index (χ4v) is 5.40. The molecule has 2 heterocycles. The molecular formula is C14H23N3O2S. The van der Waals surface area contributed by atoms with E-state index in [-0.39, 0.29) is 6.04 Å². The minimum absolute atomic E-state index is 0.223. The summed E-state index contributed by atoms with van der Waals surface area (Å²) < 4.78 is 29.3. The molecule has 2 unspecified atom stereocenters. The quantitative estimate of drug-likeness (QED) is 0.896. The maximum Gasteiger partial charge on any atom is 0.244 e. The fourth-order valence-electron chi connectivity index (χ4n) is 3.60. The van der Waals surface area contributed by atoms with Crippen LogP contribution in [0.3, 0.4) is 0 Å². The second-order valence-electron chi connectivity index (χ2n) is 5.97. The van der Waals surface area contributed by atoms with Gasteiger partial charge in [-0.25, -0.2) is 8.42 Å². The van der Waals surface area contributed by atoms with Crippen molar-refractivity contribution in [3.8, 4) is 0 Å². The minimum atomic E-state index is -3.34. The summed E-state index contributed by atoms with van der Waals surface area (Å²) in [6.45, 7) is 3.97. The summed E-state index contributed by atoms with van der Waals surface area (Å²) >= 11 is 0. The van der Waals surface area contributed by atoms with Gasteiger partial charge in [0.2, 0.25) is 10.0 Å². The number of sulfonamides is 1. The Morgan fingerprint density at radius 1 is 1.40 bits per heavy atom.